The van der Waals surface area contributed by atoms with Crippen LogP contribution in [0.2, 0.25) is 0 Å². The van der Waals surface area contributed by atoms with E-state index in [4.69, 9.17) is 9.47 Å². The van der Waals surface area contributed by atoms with Crippen LogP contribution in [0.5, 0.6) is 11.9 Å². The Morgan fingerprint density at radius 3 is 2.81 bits per heavy atom. The molecule has 0 aromatic carbocycles. The van der Waals surface area contributed by atoms with Crippen molar-refractivity contribution in [3.8, 4) is 23.7 Å². The van der Waals surface area contributed by atoms with E-state index in [1.165, 1.54) is 7.11 Å². The minimum Gasteiger partial charge on any atom is -0.480 e. The fraction of sp³-hybridized carbons (Fsp3) is 0.455. The van der Waals surface area contributed by atoms with Gasteiger partial charge in [-0.25, -0.2) is 4.98 Å². The molecule has 0 unspecified atom stereocenters. The van der Waals surface area contributed by atoms with Gasteiger partial charge in [-0.2, -0.15) is 4.98 Å². The van der Waals surface area contributed by atoms with Gasteiger partial charge in [0.25, 0.3) is 0 Å². The minimum absolute atomic E-state index is 0.276. The molecular weight excluding hydrogens is 206 g/mol. The van der Waals surface area contributed by atoms with Crippen LogP contribution < -0.4 is 14.8 Å². The van der Waals surface area contributed by atoms with Gasteiger partial charge in [-0.3, -0.25) is 0 Å². The number of rotatable bonds is 4. The Morgan fingerprint density at radius 2 is 2.19 bits per heavy atom. The summed E-state index contributed by atoms with van der Waals surface area (Å²) >= 11 is 0. The highest BCUT2D eigenvalue weighted by Crippen LogP contribution is 2.15. The maximum atomic E-state index is 5.10. The lowest BCUT2D eigenvalue weighted by molar-refractivity contribution is 0.351. The van der Waals surface area contributed by atoms with Crippen LogP contribution in [-0.2, 0) is 0 Å². The van der Waals surface area contributed by atoms with E-state index >= 15 is 0 Å². The standard InChI is InChI=1S/C11H15N3O2/c1-12-7-5-4-6-9-8-13-11(16-3)14-10(9)15-2/h8,12H,5,7H2,1-3H3. The molecule has 0 bridgehead atoms. The van der Waals surface area contributed by atoms with Gasteiger partial charge in [-0.15, -0.1) is 0 Å². The summed E-state index contributed by atoms with van der Waals surface area (Å²) in [4.78, 5) is 8.01. The Kier molecular flexibility index (Phi) is 5.09. The SMILES string of the molecule is CNCCC#Cc1cnc(OC)nc1OC. The molecule has 0 spiro atoms. The fourth-order valence-corrected chi connectivity index (χ4v) is 1.04. The van der Waals surface area contributed by atoms with E-state index in [0.29, 0.717) is 11.4 Å². The molecule has 0 atom stereocenters. The summed E-state index contributed by atoms with van der Waals surface area (Å²) in [6.45, 7) is 0.853. The number of methoxy groups -OCH3 is 2. The Balaban J connectivity index is 2.81. The maximum Gasteiger partial charge on any atom is 0.319 e. The van der Waals surface area contributed by atoms with Gasteiger partial charge >= 0.3 is 6.01 Å². The van der Waals surface area contributed by atoms with E-state index in [0.717, 1.165) is 13.0 Å². The molecule has 1 heterocycles. The number of nitrogens with one attached hydrogen (secondary N) is 1. The van der Waals surface area contributed by atoms with Gasteiger partial charge in [-0.1, -0.05) is 11.8 Å². The van der Waals surface area contributed by atoms with E-state index in [-0.39, 0.29) is 6.01 Å². The number of ether oxygens (including phenoxy) is 2. The molecule has 0 amide bonds. The number of nitrogens with zero attached hydrogens (tertiary/aromatic N) is 2. The summed E-state index contributed by atoms with van der Waals surface area (Å²) in [5.41, 5.74) is 0.666. The average molecular weight is 221 g/mol. The molecule has 1 aromatic heterocycles. The molecule has 5 nitrogen and oxygen atoms in total. The van der Waals surface area contributed by atoms with Crippen LogP contribution in [-0.4, -0.2) is 37.8 Å². The average Bonchev–Trinajstić information content (AvgIpc) is 2.34. The van der Waals surface area contributed by atoms with Crippen molar-refractivity contribution in [3.63, 3.8) is 0 Å². The third-order valence-electron chi connectivity index (χ3n) is 1.83. The zero-order chi connectivity index (χ0) is 11.8. The summed E-state index contributed by atoms with van der Waals surface area (Å²) in [7, 11) is 4.94. The summed E-state index contributed by atoms with van der Waals surface area (Å²) in [6.07, 6.45) is 2.36. The molecule has 86 valence electrons. The van der Waals surface area contributed by atoms with E-state index < -0.39 is 0 Å². The molecule has 0 fully saturated rings. The molecule has 0 radical (unpaired) electrons. The molecule has 16 heavy (non-hydrogen) atoms. The lowest BCUT2D eigenvalue weighted by atomic mass is 10.3. The molecular formula is C11H15N3O2. The van der Waals surface area contributed by atoms with Gasteiger partial charge in [0.15, 0.2) is 0 Å². The first kappa shape index (κ1) is 12.3. The first-order chi connectivity index (χ1) is 7.81. The normalized spacial score (nSPS) is 9.19. The Morgan fingerprint density at radius 1 is 1.38 bits per heavy atom. The van der Waals surface area contributed by atoms with Crippen molar-refractivity contribution < 1.29 is 9.47 Å². The van der Waals surface area contributed by atoms with Gasteiger partial charge in [0, 0.05) is 13.0 Å². The number of aromatic nitrogens is 2. The molecule has 1 N–H and O–H groups in total. The predicted octanol–water partition coefficient (Wildman–Crippen LogP) is 0.455. The van der Waals surface area contributed by atoms with Crippen molar-refractivity contribution in [3.05, 3.63) is 11.8 Å². The largest absolute Gasteiger partial charge is 0.480 e. The number of hydrogen-bond acceptors (Lipinski definition) is 5. The van der Waals surface area contributed by atoms with Crippen LogP contribution in [0, 0.1) is 11.8 Å². The van der Waals surface area contributed by atoms with Crippen molar-refractivity contribution in [2.24, 2.45) is 0 Å². The first-order valence-electron chi connectivity index (χ1n) is 4.90. The zero-order valence-corrected chi connectivity index (χ0v) is 9.70. The van der Waals surface area contributed by atoms with Crippen LogP contribution >= 0.6 is 0 Å². The lowest BCUT2D eigenvalue weighted by Gasteiger charge is -2.03. The van der Waals surface area contributed by atoms with Crippen molar-refractivity contribution in [2.45, 2.75) is 6.42 Å². The minimum atomic E-state index is 0.276. The van der Waals surface area contributed by atoms with Crippen LogP contribution in [0.25, 0.3) is 0 Å². The molecule has 1 aromatic rings. The van der Waals surface area contributed by atoms with E-state index in [2.05, 4.69) is 27.1 Å². The van der Waals surface area contributed by atoms with Crippen LogP contribution in [0.1, 0.15) is 12.0 Å². The monoisotopic (exact) mass is 221 g/mol. The Labute approximate surface area is 95.2 Å². The Hall–Kier alpha value is -1.80. The van der Waals surface area contributed by atoms with E-state index in [9.17, 15) is 0 Å². The highest BCUT2D eigenvalue weighted by atomic mass is 16.5. The van der Waals surface area contributed by atoms with Gasteiger partial charge in [-0.05, 0) is 7.05 Å². The maximum absolute atomic E-state index is 5.10. The summed E-state index contributed by atoms with van der Waals surface area (Å²) in [5, 5.41) is 3.02. The second-order valence-corrected chi connectivity index (χ2v) is 2.93. The van der Waals surface area contributed by atoms with Crippen LogP contribution in [0.3, 0.4) is 0 Å². The summed E-state index contributed by atoms with van der Waals surface area (Å²) < 4.78 is 9.99. The fourth-order valence-electron chi connectivity index (χ4n) is 1.04. The van der Waals surface area contributed by atoms with Gasteiger partial charge in [0.1, 0.15) is 5.56 Å². The third-order valence-corrected chi connectivity index (χ3v) is 1.83. The predicted molar refractivity (Wildman–Crippen MR) is 60.6 cm³/mol. The van der Waals surface area contributed by atoms with E-state index in [1.54, 1.807) is 13.3 Å². The topological polar surface area (TPSA) is 56.3 Å². The molecule has 0 saturated carbocycles. The molecule has 0 aliphatic carbocycles. The molecule has 0 aliphatic rings. The third kappa shape index (κ3) is 3.41. The molecule has 1 rings (SSSR count). The van der Waals surface area contributed by atoms with Crippen LogP contribution in [0.4, 0.5) is 0 Å². The highest BCUT2D eigenvalue weighted by Gasteiger charge is 2.04. The van der Waals surface area contributed by atoms with Crippen molar-refractivity contribution >= 4 is 0 Å². The van der Waals surface area contributed by atoms with Crippen LogP contribution in [0.15, 0.2) is 6.20 Å². The lowest BCUT2D eigenvalue weighted by Crippen LogP contribution is -2.06. The summed E-state index contributed by atoms with van der Waals surface area (Å²) in [5.74, 6) is 6.39. The van der Waals surface area contributed by atoms with E-state index in [1.807, 2.05) is 7.05 Å². The number of hydrogen-bond donors (Lipinski definition) is 1. The van der Waals surface area contributed by atoms with Gasteiger partial charge in [0.2, 0.25) is 5.88 Å². The second-order valence-electron chi connectivity index (χ2n) is 2.93. The smallest absolute Gasteiger partial charge is 0.319 e. The van der Waals surface area contributed by atoms with Crippen molar-refractivity contribution in [1.29, 1.82) is 0 Å². The van der Waals surface area contributed by atoms with Crippen molar-refractivity contribution in [2.75, 3.05) is 27.8 Å². The molecule has 0 aliphatic heterocycles. The molecule has 0 saturated heterocycles. The second kappa shape index (κ2) is 6.64. The highest BCUT2D eigenvalue weighted by molar-refractivity contribution is 5.40. The quantitative estimate of drug-likeness (QED) is 0.591. The van der Waals surface area contributed by atoms with Crippen molar-refractivity contribution in [1.82, 2.24) is 15.3 Å². The summed E-state index contributed by atoms with van der Waals surface area (Å²) in [6, 6.07) is 0.276. The van der Waals surface area contributed by atoms with Gasteiger partial charge in [0.05, 0.1) is 20.4 Å². The van der Waals surface area contributed by atoms with Gasteiger partial charge < -0.3 is 14.8 Å². The molecule has 5 heteroatoms. The Bertz CT molecular complexity index is 396. The zero-order valence-electron chi connectivity index (χ0n) is 9.70. The first-order valence-corrected chi connectivity index (χ1v) is 4.90.